The van der Waals surface area contributed by atoms with Gasteiger partial charge >= 0.3 is 0 Å². The molecule has 0 spiro atoms. The van der Waals surface area contributed by atoms with Gasteiger partial charge in [-0.15, -0.1) is 0 Å². The van der Waals surface area contributed by atoms with Gasteiger partial charge in [0.15, 0.2) is 0 Å². The zero-order chi connectivity index (χ0) is 23.3. The smallest absolute Gasteiger partial charge is 0.241 e. The molecule has 1 N–H and O–H groups in total. The minimum atomic E-state index is -3.67. The number of halogens is 1. The van der Waals surface area contributed by atoms with Crippen molar-refractivity contribution in [1.29, 1.82) is 0 Å². The van der Waals surface area contributed by atoms with Crippen LogP contribution in [0.3, 0.4) is 0 Å². The summed E-state index contributed by atoms with van der Waals surface area (Å²) >= 11 is 5.96. The predicted octanol–water partition coefficient (Wildman–Crippen LogP) is 3.38. The molecule has 0 amide bonds. The average Bonchev–Trinajstić information content (AvgIpc) is 2.82. The van der Waals surface area contributed by atoms with Crippen LogP contribution in [0.4, 0.5) is 0 Å². The summed E-state index contributed by atoms with van der Waals surface area (Å²) in [6.07, 6.45) is 1.64. The Morgan fingerprint density at radius 3 is 2.48 bits per heavy atom. The number of rotatable bonds is 9. The summed E-state index contributed by atoms with van der Waals surface area (Å²) < 4.78 is 34.4. The highest BCUT2D eigenvalue weighted by Crippen LogP contribution is 2.29. The third kappa shape index (κ3) is 6.02. The van der Waals surface area contributed by atoms with Crippen LogP contribution in [0.2, 0.25) is 5.02 Å². The van der Waals surface area contributed by atoms with Gasteiger partial charge < -0.3 is 4.74 Å². The molecule has 1 aromatic heterocycles. The Morgan fingerprint density at radius 1 is 1.03 bits per heavy atom. The highest BCUT2D eigenvalue weighted by molar-refractivity contribution is 7.89. The predicted molar refractivity (Wildman–Crippen MR) is 131 cm³/mol. The van der Waals surface area contributed by atoms with E-state index >= 15 is 0 Å². The van der Waals surface area contributed by atoms with Gasteiger partial charge in [-0.3, -0.25) is 14.8 Å². The van der Waals surface area contributed by atoms with E-state index < -0.39 is 10.0 Å². The van der Waals surface area contributed by atoms with Crippen LogP contribution in [0.5, 0.6) is 5.75 Å². The fraction of sp³-hybridized carbons (Fsp3) is 0.375. The lowest BCUT2D eigenvalue weighted by atomic mass is 10.2. The Bertz CT molecular complexity index is 1180. The molecule has 176 valence electrons. The Kier molecular flexibility index (Phi) is 7.82. The number of aromatic nitrogens is 1. The molecule has 1 aliphatic heterocycles. The molecule has 1 saturated heterocycles. The zero-order valence-corrected chi connectivity index (χ0v) is 20.3. The van der Waals surface area contributed by atoms with Crippen molar-refractivity contribution in [3.05, 3.63) is 65.3 Å². The van der Waals surface area contributed by atoms with Crippen molar-refractivity contribution in [1.82, 2.24) is 19.5 Å². The number of hydrogen-bond donors (Lipinski definition) is 1. The van der Waals surface area contributed by atoms with Crippen LogP contribution in [0.15, 0.2) is 59.6 Å². The first kappa shape index (κ1) is 23.9. The number of hydrogen-bond acceptors (Lipinski definition) is 6. The van der Waals surface area contributed by atoms with E-state index in [0.29, 0.717) is 36.3 Å². The van der Waals surface area contributed by atoms with Crippen molar-refractivity contribution < 1.29 is 13.2 Å². The second kappa shape index (κ2) is 10.8. The van der Waals surface area contributed by atoms with Crippen molar-refractivity contribution in [2.75, 3.05) is 45.9 Å². The van der Waals surface area contributed by atoms with Gasteiger partial charge in [0.1, 0.15) is 11.3 Å². The lowest BCUT2D eigenvalue weighted by Gasteiger charge is -2.34. The molecule has 3 aromatic rings. The largest absolute Gasteiger partial charge is 0.492 e. The fourth-order valence-electron chi connectivity index (χ4n) is 4.06. The molecule has 1 fully saturated rings. The normalized spacial score (nSPS) is 15.7. The van der Waals surface area contributed by atoms with Gasteiger partial charge in [-0.1, -0.05) is 23.7 Å². The molecule has 0 unspecified atom stereocenters. The van der Waals surface area contributed by atoms with E-state index in [1.807, 2.05) is 19.1 Å². The minimum Gasteiger partial charge on any atom is -0.492 e. The third-order valence-corrected chi connectivity index (χ3v) is 7.56. The molecular formula is C24H29ClN4O3S. The van der Waals surface area contributed by atoms with Crippen LogP contribution in [0, 0.1) is 0 Å². The van der Waals surface area contributed by atoms with Crippen molar-refractivity contribution in [2.45, 2.75) is 18.4 Å². The van der Waals surface area contributed by atoms with E-state index in [1.165, 1.54) is 5.56 Å². The molecule has 0 atom stereocenters. The molecule has 0 radical (unpaired) electrons. The monoisotopic (exact) mass is 488 g/mol. The lowest BCUT2D eigenvalue weighted by Crippen LogP contribution is -2.48. The maximum Gasteiger partial charge on any atom is 0.241 e. The maximum atomic E-state index is 13.0. The summed E-state index contributed by atoms with van der Waals surface area (Å²) in [4.78, 5) is 9.25. The minimum absolute atomic E-state index is 0.224. The van der Waals surface area contributed by atoms with E-state index in [1.54, 1.807) is 30.5 Å². The highest BCUT2D eigenvalue weighted by atomic mass is 35.5. The van der Waals surface area contributed by atoms with E-state index in [2.05, 4.69) is 31.6 Å². The molecule has 2 aromatic carbocycles. The Labute approximate surface area is 200 Å². The molecular weight excluding hydrogens is 460 g/mol. The number of sulfonamides is 1. The molecule has 4 rings (SSSR count). The van der Waals surface area contributed by atoms with Crippen LogP contribution in [-0.2, 0) is 16.6 Å². The number of nitrogens with zero attached hydrogens (tertiary/aromatic N) is 3. The van der Waals surface area contributed by atoms with Crippen LogP contribution >= 0.6 is 11.6 Å². The molecule has 9 heteroatoms. The van der Waals surface area contributed by atoms with Gasteiger partial charge in [-0.05, 0) is 48.9 Å². The van der Waals surface area contributed by atoms with Gasteiger partial charge in [0, 0.05) is 62.4 Å². The first-order valence-corrected chi connectivity index (χ1v) is 13.0. The molecule has 1 aliphatic rings. The number of pyridine rings is 1. The molecule has 0 bridgehead atoms. The standard InChI is InChI=1S/C24H29ClN4O3S/c1-2-32-22-9-10-23(21-4-3-11-26-24(21)22)33(30,31)27-12-13-28-14-16-29(17-15-28)18-19-5-7-20(25)8-6-19/h3-11,27H,2,12-18H2,1H3. The topological polar surface area (TPSA) is 74.8 Å². The SMILES string of the molecule is CCOc1ccc(S(=O)(=O)NCCN2CCN(Cc3ccc(Cl)cc3)CC2)c2cccnc12. The average molecular weight is 489 g/mol. The summed E-state index contributed by atoms with van der Waals surface area (Å²) in [6, 6.07) is 14.7. The molecule has 0 saturated carbocycles. The van der Waals surface area contributed by atoms with E-state index in [4.69, 9.17) is 16.3 Å². The Morgan fingerprint density at radius 2 is 1.76 bits per heavy atom. The lowest BCUT2D eigenvalue weighted by molar-refractivity contribution is 0.129. The number of ether oxygens (including phenoxy) is 1. The molecule has 2 heterocycles. The summed E-state index contributed by atoms with van der Waals surface area (Å²) in [7, 11) is -3.67. The first-order chi connectivity index (χ1) is 16.0. The van der Waals surface area contributed by atoms with Crippen LogP contribution in [-0.4, -0.2) is 69.1 Å². The van der Waals surface area contributed by atoms with Gasteiger partial charge in [0.2, 0.25) is 10.0 Å². The first-order valence-electron chi connectivity index (χ1n) is 11.2. The maximum absolute atomic E-state index is 13.0. The van der Waals surface area contributed by atoms with Gasteiger partial charge in [-0.25, -0.2) is 13.1 Å². The summed E-state index contributed by atoms with van der Waals surface area (Å²) in [5.41, 5.74) is 1.80. The number of piperazine rings is 1. The highest BCUT2D eigenvalue weighted by Gasteiger charge is 2.21. The summed E-state index contributed by atoms with van der Waals surface area (Å²) in [6.45, 7) is 8.01. The zero-order valence-electron chi connectivity index (χ0n) is 18.7. The Balaban J connectivity index is 1.31. The number of fused-ring (bicyclic) bond motifs is 1. The van der Waals surface area contributed by atoms with E-state index in [9.17, 15) is 8.42 Å². The molecule has 7 nitrogen and oxygen atoms in total. The van der Waals surface area contributed by atoms with Crippen LogP contribution in [0.1, 0.15) is 12.5 Å². The van der Waals surface area contributed by atoms with Gasteiger partial charge in [0.05, 0.1) is 11.5 Å². The van der Waals surface area contributed by atoms with Crippen molar-refractivity contribution >= 4 is 32.5 Å². The Hall–Kier alpha value is -2.23. The molecule has 33 heavy (non-hydrogen) atoms. The number of benzene rings is 2. The van der Waals surface area contributed by atoms with E-state index in [-0.39, 0.29) is 4.90 Å². The quantitative estimate of drug-likeness (QED) is 0.497. The third-order valence-electron chi connectivity index (χ3n) is 5.79. The molecule has 0 aliphatic carbocycles. The second-order valence-corrected chi connectivity index (χ2v) is 10.2. The van der Waals surface area contributed by atoms with Gasteiger partial charge in [-0.2, -0.15) is 0 Å². The summed E-state index contributed by atoms with van der Waals surface area (Å²) in [5, 5.41) is 1.31. The van der Waals surface area contributed by atoms with Crippen molar-refractivity contribution in [3.8, 4) is 5.75 Å². The fourth-order valence-corrected chi connectivity index (χ4v) is 5.40. The van der Waals surface area contributed by atoms with Gasteiger partial charge in [0.25, 0.3) is 0 Å². The number of nitrogens with one attached hydrogen (secondary N) is 1. The van der Waals surface area contributed by atoms with Crippen LogP contribution in [0.25, 0.3) is 10.9 Å². The van der Waals surface area contributed by atoms with E-state index in [0.717, 1.165) is 37.7 Å². The summed E-state index contributed by atoms with van der Waals surface area (Å²) in [5.74, 6) is 0.587. The van der Waals surface area contributed by atoms with Crippen molar-refractivity contribution in [3.63, 3.8) is 0 Å². The van der Waals surface area contributed by atoms with Crippen LogP contribution < -0.4 is 9.46 Å². The van der Waals surface area contributed by atoms with Crippen molar-refractivity contribution in [2.24, 2.45) is 0 Å². The second-order valence-electron chi connectivity index (χ2n) is 8.04.